The molecule has 0 saturated carbocycles. The Bertz CT molecular complexity index is 344. The van der Waals surface area contributed by atoms with E-state index in [0.29, 0.717) is 11.0 Å². The lowest BCUT2D eigenvalue weighted by Gasteiger charge is -2.14. The number of aliphatic hydroxyl groups excluding tert-OH is 1. The highest BCUT2D eigenvalue weighted by Crippen LogP contribution is 2.24. The lowest BCUT2D eigenvalue weighted by atomic mass is 10.1. The highest BCUT2D eigenvalue weighted by atomic mass is 32.2. The Kier molecular flexibility index (Phi) is 5.22. The molecule has 16 heavy (non-hydrogen) atoms. The quantitative estimate of drug-likeness (QED) is 0.857. The Hall–Kier alpha value is -0.610. The molecule has 2 unspecified atom stereocenters. The molecule has 2 atom stereocenters. The van der Waals surface area contributed by atoms with Gasteiger partial charge in [-0.2, -0.15) is 11.8 Å². The standard InChI is InChI=1S/C12H16F2OS/c1-3-8(2)16-7-12(15)10-5-4-9(13)6-11(10)14/h4-6,8,12,15H,3,7H2,1-2H3. The SMILES string of the molecule is CCC(C)SCC(O)c1ccc(F)cc1F. The number of hydrogen-bond acceptors (Lipinski definition) is 2. The number of thioether (sulfide) groups is 1. The van der Waals surface area contributed by atoms with E-state index in [1.165, 1.54) is 6.07 Å². The molecule has 0 aromatic heterocycles. The van der Waals surface area contributed by atoms with Gasteiger partial charge in [0, 0.05) is 22.6 Å². The van der Waals surface area contributed by atoms with Crippen LogP contribution in [0.3, 0.4) is 0 Å². The predicted octanol–water partition coefficient (Wildman–Crippen LogP) is 3.53. The van der Waals surface area contributed by atoms with Crippen molar-refractivity contribution < 1.29 is 13.9 Å². The molecule has 0 radical (unpaired) electrons. The molecule has 1 aromatic carbocycles. The van der Waals surface area contributed by atoms with Crippen molar-refractivity contribution in [2.75, 3.05) is 5.75 Å². The number of rotatable bonds is 5. The van der Waals surface area contributed by atoms with Gasteiger partial charge in [0.25, 0.3) is 0 Å². The van der Waals surface area contributed by atoms with Crippen molar-refractivity contribution in [3.05, 3.63) is 35.4 Å². The van der Waals surface area contributed by atoms with Gasteiger partial charge in [0.1, 0.15) is 11.6 Å². The Morgan fingerprint density at radius 3 is 2.62 bits per heavy atom. The molecule has 0 aliphatic carbocycles. The zero-order valence-corrected chi connectivity index (χ0v) is 10.2. The number of halogens is 2. The molecule has 1 aromatic rings. The molecule has 0 aliphatic rings. The van der Waals surface area contributed by atoms with E-state index in [4.69, 9.17) is 0 Å². The monoisotopic (exact) mass is 246 g/mol. The molecule has 0 aliphatic heterocycles. The maximum absolute atomic E-state index is 13.3. The number of hydrogen-bond donors (Lipinski definition) is 1. The van der Waals surface area contributed by atoms with Crippen LogP contribution >= 0.6 is 11.8 Å². The lowest BCUT2D eigenvalue weighted by molar-refractivity contribution is 0.198. The molecule has 0 fully saturated rings. The summed E-state index contributed by atoms with van der Waals surface area (Å²) in [5.41, 5.74) is 0.164. The van der Waals surface area contributed by atoms with Gasteiger partial charge < -0.3 is 5.11 Å². The summed E-state index contributed by atoms with van der Waals surface area (Å²) in [4.78, 5) is 0. The first-order valence-corrected chi connectivity index (χ1v) is 6.34. The van der Waals surface area contributed by atoms with Crippen molar-refractivity contribution in [1.82, 2.24) is 0 Å². The van der Waals surface area contributed by atoms with Crippen LogP contribution in [-0.4, -0.2) is 16.1 Å². The fourth-order valence-electron chi connectivity index (χ4n) is 1.23. The molecular formula is C12H16F2OS. The van der Waals surface area contributed by atoms with Gasteiger partial charge in [-0.1, -0.05) is 19.9 Å². The largest absolute Gasteiger partial charge is 0.387 e. The Balaban J connectivity index is 2.62. The van der Waals surface area contributed by atoms with E-state index in [1.807, 2.05) is 0 Å². The van der Waals surface area contributed by atoms with Gasteiger partial charge >= 0.3 is 0 Å². The molecular weight excluding hydrogens is 230 g/mol. The zero-order valence-electron chi connectivity index (χ0n) is 9.41. The minimum Gasteiger partial charge on any atom is -0.387 e. The maximum Gasteiger partial charge on any atom is 0.131 e. The van der Waals surface area contributed by atoms with E-state index in [1.54, 1.807) is 11.8 Å². The zero-order chi connectivity index (χ0) is 12.1. The maximum atomic E-state index is 13.3. The third kappa shape index (κ3) is 3.76. The fourth-order valence-corrected chi connectivity index (χ4v) is 2.16. The van der Waals surface area contributed by atoms with E-state index >= 15 is 0 Å². The summed E-state index contributed by atoms with van der Waals surface area (Å²) in [6, 6.07) is 3.26. The van der Waals surface area contributed by atoms with Gasteiger partial charge in [0.2, 0.25) is 0 Å². The van der Waals surface area contributed by atoms with E-state index < -0.39 is 17.7 Å². The fraction of sp³-hybridized carbons (Fsp3) is 0.500. The molecule has 0 spiro atoms. The van der Waals surface area contributed by atoms with Crippen LogP contribution in [0.4, 0.5) is 8.78 Å². The van der Waals surface area contributed by atoms with Crippen LogP contribution in [0.1, 0.15) is 31.9 Å². The normalized spacial score (nSPS) is 14.8. The molecule has 1 nitrogen and oxygen atoms in total. The highest BCUT2D eigenvalue weighted by Gasteiger charge is 2.14. The van der Waals surface area contributed by atoms with Gasteiger partial charge in [0.15, 0.2) is 0 Å². The average Bonchev–Trinajstić information content (AvgIpc) is 2.25. The van der Waals surface area contributed by atoms with Crippen LogP contribution in [0, 0.1) is 11.6 Å². The van der Waals surface area contributed by atoms with Crippen LogP contribution in [0.2, 0.25) is 0 Å². The Labute approximate surface area is 98.9 Å². The van der Waals surface area contributed by atoms with Gasteiger partial charge in [-0.15, -0.1) is 0 Å². The first-order valence-electron chi connectivity index (χ1n) is 5.29. The molecule has 0 heterocycles. The van der Waals surface area contributed by atoms with Crippen molar-refractivity contribution in [1.29, 1.82) is 0 Å². The summed E-state index contributed by atoms with van der Waals surface area (Å²) in [6.45, 7) is 4.11. The number of benzene rings is 1. The van der Waals surface area contributed by atoms with Gasteiger partial charge in [-0.25, -0.2) is 8.78 Å². The molecule has 0 saturated heterocycles. The molecule has 1 rings (SSSR count). The molecule has 0 amide bonds. The third-order valence-electron chi connectivity index (χ3n) is 2.44. The highest BCUT2D eigenvalue weighted by molar-refractivity contribution is 7.99. The second kappa shape index (κ2) is 6.21. The molecule has 4 heteroatoms. The number of aliphatic hydroxyl groups is 1. The first kappa shape index (κ1) is 13.5. The van der Waals surface area contributed by atoms with Crippen LogP contribution in [0.25, 0.3) is 0 Å². The van der Waals surface area contributed by atoms with Crippen LogP contribution in [-0.2, 0) is 0 Å². The summed E-state index contributed by atoms with van der Waals surface area (Å²) < 4.78 is 26.0. The first-order chi connectivity index (χ1) is 7.54. The minimum atomic E-state index is -0.875. The van der Waals surface area contributed by atoms with Crippen LogP contribution < -0.4 is 0 Å². The van der Waals surface area contributed by atoms with Crippen molar-refractivity contribution in [2.24, 2.45) is 0 Å². The van der Waals surface area contributed by atoms with Crippen LogP contribution in [0.15, 0.2) is 18.2 Å². The Morgan fingerprint density at radius 1 is 1.38 bits per heavy atom. The van der Waals surface area contributed by atoms with Gasteiger partial charge in [-0.3, -0.25) is 0 Å². The minimum absolute atomic E-state index is 0.164. The molecule has 90 valence electrons. The molecule has 1 N–H and O–H groups in total. The summed E-state index contributed by atoms with van der Waals surface area (Å²) in [6.07, 6.45) is 0.128. The van der Waals surface area contributed by atoms with Gasteiger partial charge in [-0.05, 0) is 12.5 Å². The smallest absolute Gasteiger partial charge is 0.131 e. The second-order valence-electron chi connectivity index (χ2n) is 3.73. The van der Waals surface area contributed by atoms with E-state index in [0.717, 1.165) is 18.6 Å². The average molecular weight is 246 g/mol. The lowest BCUT2D eigenvalue weighted by Crippen LogP contribution is -2.06. The van der Waals surface area contributed by atoms with Crippen molar-refractivity contribution in [2.45, 2.75) is 31.6 Å². The summed E-state index contributed by atoms with van der Waals surface area (Å²) in [7, 11) is 0. The summed E-state index contributed by atoms with van der Waals surface area (Å²) in [5, 5.41) is 10.2. The van der Waals surface area contributed by atoms with Crippen LogP contribution in [0.5, 0.6) is 0 Å². The predicted molar refractivity (Wildman–Crippen MR) is 63.5 cm³/mol. The van der Waals surface area contributed by atoms with E-state index in [9.17, 15) is 13.9 Å². The summed E-state index contributed by atoms with van der Waals surface area (Å²) >= 11 is 1.58. The third-order valence-corrected chi connectivity index (χ3v) is 3.85. The van der Waals surface area contributed by atoms with Gasteiger partial charge in [0.05, 0.1) is 6.10 Å². The Morgan fingerprint density at radius 2 is 2.06 bits per heavy atom. The van der Waals surface area contributed by atoms with Crippen molar-refractivity contribution >= 4 is 11.8 Å². The topological polar surface area (TPSA) is 20.2 Å². The van der Waals surface area contributed by atoms with E-state index in [-0.39, 0.29) is 5.56 Å². The van der Waals surface area contributed by atoms with E-state index in [2.05, 4.69) is 13.8 Å². The van der Waals surface area contributed by atoms with Crippen molar-refractivity contribution in [3.8, 4) is 0 Å². The molecule has 0 bridgehead atoms. The second-order valence-corrected chi connectivity index (χ2v) is 5.21. The summed E-state index contributed by atoms with van der Waals surface area (Å²) in [5.74, 6) is -0.877. The van der Waals surface area contributed by atoms with Crippen molar-refractivity contribution in [3.63, 3.8) is 0 Å².